The fraction of sp³-hybridized carbons (Fsp3) is 0.267. The van der Waals surface area contributed by atoms with Crippen LogP contribution in [0.25, 0.3) is 10.2 Å². The van der Waals surface area contributed by atoms with Crippen molar-refractivity contribution in [1.29, 1.82) is 0 Å². The van der Waals surface area contributed by atoms with Crippen LogP contribution in [0.5, 0.6) is 0 Å². The largest absolute Gasteiger partial charge is 0.300 e. The topological polar surface area (TPSA) is 50.7 Å². The number of aryl methyl sites for hydroxylation is 3. The first-order valence-corrected chi connectivity index (χ1v) is 7.44. The second-order valence-electron chi connectivity index (χ2n) is 4.77. The number of anilines is 2. The summed E-state index contributed by atoms with van der Waals surface area (Å²) < 4.78 is 1.19. The van der Waals surface area contributed by atoms with Gasteiger partial charge in [0.2, 0.25) is 5.95 Å². The molecule has 0 aliphatic rings. The van der Waals surface area contributed by atoms with Gasteiger partial charge < -0.3 is 0 Å². The highest BCUT2D eigenvalue weighted by Gasteiger charge is 2.06. The second kappa shape index (κ2) is 5.17. The van der Waals surface area contributed by atoms with Gasteiger partial charge in [0.15, 0.2) is 5.13 Å². The summed E-state index contributed by atoms with van der Waals surface area (Å²) in [5.41, 5.74) is 4.25. The lowest BCUT2D eigenvalue weighted by Gasteiger charge is -2.02. The van der Waals surface area contributed by atoms with Gasteiger partial charge in [0.05, 0.1) is 10.2 Å². The van der Waals surface area contributed by atoms with Crippen LogP contribution in [0, 0.1) is 13.8 Å². The minimum absolute atomic E-state index is 0.609. The number of fused-ring (bicyclic) bond motifs is 1. The number of hydrogen-bond donors (Lipinski definition) is 1. The van der Waals surface area contributed by atoms with Crippen molar-refractivity contribution < 1.29 is 0 Å². The molecule has 3 rings (SSSR count). The third kappa shape index (κ3) is 2.63. The van der Waals surface area contributed by atoms with Crippen molar-refractivity contribution in [3.63, 3.8) is 0 Å². The molecule has 0 fully saturated rings. The van der Waals surface area contributed by atoms with E-state index in [0.29, 0.717) is 5.95 Å². The normalized spacial score (nSPS) is 10.9. The summed E-state index contributed by atoms with van der Waals surface area (Å²) in [6.07, 6.45) is 1.04. The summed E-state index contributed by atoms with van der Waals surface area (Å²) >= 11 is 1.63. The van der Waals surface area contributed by atoms with E-state index in [2.05, 4.69) is 45.4 Å². The molecule has 0 saturated carbocycles. The number of hydrogen-bond acceptors (Lipinski definition) is 5. The summed E-state index contributed by atoms with van der Waals surface area (Å²) in [5, 5.41) is 4.03. The molecule has 1 aromatic carbocycles. The van der Waals surface area contributed by atoms with E-state index in [0.717, 1.165) is 28.5 Å². The molecule has 0 saturated heterocycles. The van der Waals surface area contributed by atoms with Gasteiger partial charge in [-0.2, -0.15) is 0 Å². The SMILES string of the molecule is CCc1ccc2nc(Nc3nc(C)cc(C)n3)sc2c1. The van der Waals surface area contributed by atoms with Crippen molar-refractivity contribution >= 4 is 32.6 Å². The van der Waals surface area contributed by atoms with E-state index in [1.165, 1.54) is 10.3 Å². The molecule has 0 amide bonds. The Morgan fingerprint density at radius 1 is 1.05 bits per heavy atom. The number of nitrogens with zero attached hydrogens (tertiary/aromatic N) is 3. The molecule has 0 bridgehead atoms. The molecule has 0 atom stereocenters. The molecule has 0 spiro atoms. The number of aromatic nitrogens is 3. The highest BCUT2D eigenvalue weighted by atomic mass is 32.1. The zero-order chi connectivity index (χ0) is 14.1. The molecule has 20 heavy (non-hydrogen) atoms. The third-order valence-corrected chi connectivity index (χ3v) is 4.00. The van der Waals surface area contributed by atoms with Gasteiger partial charge in [-0.1, -0.05) is 24.3 Å². The van der Waals surface area contributed by atoms with Crippen LogP contribution in [0.15, 0.2) is 24.3 Å². The molecule has 0 radical (unpaired) electrons. The number of benzene rings is 1. The van der Waals surface area contributed by atoms with Crippen LogP contribution in [-0.4, -0.2) is 15.0 Å². The zero-order valence-corrected chi connectivity index (χ0v) is 12.6. The first kappa shape index (κ1) is 13.0. The molecule has 2 heterocycles. The van der Waals surface area contributed by atoms with Gasteiger partial charge in [0.25, 0.3) is 0 Å². The van der Waals surface area contributed by atoms with Crippen LogP contribution in [0.3, 0.4) is 0 Å². The van der Waals surface area contributed by atoms with Crippen LogP contribution < -0.4 is 5.32 Å². The van der Waals surface area contributed by atoms with Crippen LogP contribution in [0.1, 0.15) is 23.9 Å². The second-order valence-corrected chi connectivity index (χ2v) is 5.80. The molecule has 0 aliphatic heterocycles. The highest BCUT2D eigenvalue weighted by molar-refractivity contribution is 7.22. The van der Waals surface area contributed by atoms with E-state index >= 15 is 0 Å². The quantitative estimate of drug-likeness (QED) is 0.789. The van der Waals surface area contributed by atoms with E-state index < -0.39 is 0 Å². The standard InChI is InChI=1S/C15H16N4S/c1-4-11-5-6-12-13(8-11)20-15(18-12)19-14-16-9(2)7-10(3)17-14/h5-8H,4H2,1-3H3,(H,16,17,18,19). The summed E-state index contributed by atoms with van der Waals surface area (Å²) in [6, 6.07) is 8.34. The number of rotatable bonds is 3. The first-order valence-electron chi connectivity index (χ1n) is 6.63. The Bertz CT molecular complexity index is 743. The van der Waals surface area contributed by atoms with Gasteiger partial charge in [-0.3, -0.25) is 5.32 Å². The van der Waals surface area contributed by atoms with Crippen LogP contribution in [0.2, 0.25) is 0 Å². The Balaban J connectivity index is 1.94. The van der Waals surface area contributed by atoms with E-state index in [4.69, 9.17) is 0 Å². The molecule has 3 aromatic rings. The predicted octanol–water partition coefficient (Wildman–Crippen LogP) is 4.01. The fourth-order valence-electron chi connectivity index (χ4n) is 2.12. The Morgan fingerprint density at radius 2 is 1.80 bits per heavy atom. The Kier molecular flexibility index (Phi) is 3.36. The van der Waals surface area contributed by atoms with Crippen molar-refractivity contribution in [1.82, 2.24) is 15.0 Å². The first-order chi connectivity index (χ1) is 9.64. The Morgan fingerprint density at radius 3 is 2.50 bits per heavy atom. The van der Waals surface area contributed by atoms with Gasteiger partial charge in [-0.25, -0.2) is 15.0 Å². The van der Waals surface area contributed by atoms with E-state index in [1.807, 2.05) is 19.9 Å². The molecule has 5 heteroatoms. The van der Waals surface area contributed by atoms with Crippen molar-refractivity contribution in [3.05, 3.63) is 41.2 Å². The minimum atomic E-state index is 0.609. The van der Waals surface area contributed by atoms with Gasteiger partial charge in [-0.15, -0.1) is 0 Å². The molecule has 0 aliphatic carbocycles. The molecule has 1 N–H and O–H groups in total. The molecule has 2 aromatic heterocycles. The number of thiazole rings is 1. The summed E-state index contributed by atoms with van der Waals surface area (Å²) in [4.78, 5) is 13.3. The maximum atomic E-state index is 4.57. The smallest absolute Gasteiger partial charge is 0.229 e. The molecular weight excluding hydrogens is 268 g/mol. The van der Waals surface area contributed by atoms with Crippen molar-refractivity contribution in [3.8, 4) is 0 Å². The van der Waals surface area contributed by atoms with Crippen LogP contribution >= 0.6 is 11.3 Å². The van der Waals surface area contributed by atoms with Gasteiger partial charge in [0, 0.05) is 11.4 Å². The molecular formula is C15H16N4S. The predicted molar refractivity (Wildman–Crippen MR) is 83.8 cm³/mol. The zero-order valence-electron chi connectivity index (χ0n) is 11.8. The van der Waals surface area contributed by atoms with E-state index in [1.54, 1.807) is 11.3 Å². The van der Waals surface area contributed by atoms with E-state index in [9.17, 15) is 0 Å². The summed E-state index contributed by atoms with van der Waals surface area (Å²) in [7, 11) is 0. The lowest BCUT2D eigenvalue weighted by atomic mass is 10.2. The average Bonchev–Trinajstić information content (AvgIpc) is 2.78. The maximum absolute atomic E-state index is 4.57. The average molecular weight is 284 g/mol. The van der Waals surface area contributed by atoms with Gasteiger partial charge in [0.1, 0.15) is 0 Å². The summed E-state index contributed by atoms with van der Waals surface area (Å²) in [5.74, 6) is 0.609. The molecule has 0 unspecified atom stereocenters. The molecule has 4 nitrogen and oxygen atoms in total. The Hall–Kier alpha value is -2.01. The van der Waals surface area contributed by atoms with Gasteiger partial charge >= 0.3 is 0 Å². The van der Waals surface area contributed by atoms with Crippen molar-refractivity contribution in [2.24, 2.45) is 0 Å². The number of nitrogens with one attached hydrogen (secondary N) is 1. The highest BCUT2D eigenvalue weighted by Crippen LogP contribution is 2.28. The maximum Gasteiger partial charge on any atom is 0.229 e. The van der Waals surface area contributed by atoms with Crippen molar-refractivity contribution in [2.75, 3.05) is 5.32 Å². The van der Waals surface area contributed by atoms with Gasteiger partial charge in [-0.05, 0) is 44.0 Å². The van der Waals surface area contributed by atoms with Crippen molar-refractivity contribution in [2.45, 2.75) is 27.2 Å². The lowest BCUT2D eigenvalue weighted by Crippen LogP contribution is -1.99. The Labute approximate surface area is 121 Å². The van der Waals surface area contributed by atoms with Crippen LogP contribution in [-0.2, 0) is 6.42 Å². The lowest BCUT2D eigenvalue weighted by molar-refractivity contribution is 1.06. The summed E-state index contributed by atoms with van der Waals surface area (Å²) in [6.45, 7) is 6.09. The van der Waals surface area contributed by atoms with E-state index in [-0.39, 0.29) is 0 Å². The monoisotopic (exact) mass is 284 g/mol. The molecule has 102 valence electrons. The fourth-order valence-corrected chi connectivity index (χ4v) is 3.04. The third-order valence-electron chi connectivity index (χ3n) is 3.06. The minimum Gasteiger partial charge on any atom is -0.300 e. The van der Waals surface area contributed by atoms with Crippen LogP contribution in [0.4, 0.5) is 11.1 Å².